The summed E-state index contributed by atoms with van der Waals surface area (Å²) >= 11 is 0. The largest absolute Gasteiger partial charge is 0.345 e. The lowest BCUT2D eigenvalue weighted by atomic mass is 9.97. The van der Waals surface area contributed by atoms with Gasteiger partial charge >= 0.3 is 5.69 Å². The Bertz CT molecular complexity index is 738. The fourth-order valence-electron chi connectivity index (χ4n) is 4.20. The standard InChI is InChI=1S/C19H31N5O3/c1-3-24-18(20-21(2)19(24)27)15-8-7-12-23(14-15)17(26)10-13-22-11-6-4-5-9-16(22)25/h15H,3-14H2,1-2H3. The van der Waals surface area contributed by atoms with Crippen LogP contribution in [-0.2, 0) is 23.2 Å². The predicted molar refractivity (Wildman–Crippen MR) is 101 cm³/mol. The van der Waals surface area contributed by atoms with E-state index in [1.807, 2.05) is 16.7 Å². The number of hydrogen-bond acceptors (Lipinski definition) is 4. The minimum absolute atomic E-state index is 0.0939. The number of aryl methyl sites for hydroxylation is 1. The summed E-state index contributed by atoms with van der Waals surface area (Å²) in [6.07, 6.45) is 5.90. The molecule has 27 heavy (non-hydrogen) atoms. The van der Waals surface area contributed by atoms with Crippen LogP contribution in [0.3, 0.4) is 0 Å². The Kier molecular flexibility index (Phi) is 6.34. The zero-order valence-electron chi connectivity index (χ0n) is 16.5. The fourth-order valence-corrected chi connectivity index (χ4v) is 4.20. The molecule has 2 amide bonds. The van der Waals surface area contributed by atoms with Gasteiger partial charge in [-0.1, -0.05) is 6.42 Å². The molecule has 2 aliphatic rings. The van der Waals surface area contributed by atoms with Gasteiger partial charge in [-0.2, -0.15) is 5.10 Å². The van der Waals surface area contributed by atoms with Gasteiger partial charge in [-0.3, -0.25) is 14.2 Å². The van der Waals surface area contributed by atoms with E-state index in [1.54, 1.807) is 11.6 Å². The lowest BCUT2D eigenvalue weighted by Gasteiger charge is -2.33. The summed E-state index contributed by atoms with van der Waals surface area (Å²) in [7, 11) is 1.67. The van der Waals surface area contributed by atoms with Gasteiger partial charge in [-0.25, -0.2) is 9.48 Å². The maximum absolute atomic E-state index is 12.7. The molecule has 2 aliphatic heterocycles. The van der Waals surface area contributed by atoms with Crippen molar-refractivity contribution in [3.8, 4) is 0 Å². The number of likely N-dealkylation sites (tertiary alicyclic amines) is 2. The highest BCUT2D eigenvalue weighted by atomic mass is 16.2. The van der Waals surface area contributed by atoms with E-state index in [0.717, 1.165) is 51.0 Å². The molecule has 2 saturated heterocycles. The highest BCUT2D eigenvalue weighted by Crippen LogP contribution is 2.25. The van der Waals surface area contributed by atoms with Crippen LogP contribution in [0.15, 0.2) is 4.79 Å². The molecule has 150 valence electrons. The molecule has 3 heterocycles. The maximum atomic E-state index is 12.7. The Morgan fingerprint density at radius 1 is 1.15 bits per heavy atom. The van der Waals surface area contributed by atoms with Gasteiger partial charge in [0.1, 0.15) is 5.82 Å². The third kappa shape index (κ3) is 4.42. The van der Waals surface area contributed by atoms with Crippen molar-refractivity contribution in [1.29, 1.82) is 0 Å². The number of amides is 2. The summed E-state index contributed by atoms with van der Waals surface area (Å²) in [4.78, 5) is 40.7. The first-order valence-corrected chi connectivity index (χ1v) is 10.2. The SMILES string of the molecule is CCn1c(C2CCCN(C(=O)CCN3CCCCCC3=O)C2)nn(C)c1=O. The van der Waals surface area contributed by atoms with Crippen LogP contribution < -0.4 is 5.69 Å². The van der Waals surface area contributed by atoms with Crippen molar-refractivity contribution in [3.63, 3.8) is 0 Å². The fraction of sp³-hybridized carbons (Fsp3) is 0.789. The minimum Gasteiger partial charge on any atom is -0.342 e. The third-order valence-corrected chi connectivity index (χ3v) is 5.76. The summed E-state index contributed by atoms with van der Waals surface area (Å²) in [6.45, 7) is 5.16. The van der Waals surface area contributed by atoms with Gasteiger partial charge in [0, 0.05) is 58.5 Å². The third-order valence-electron chi connectivity index (χ3n) is 5.76. The Morgan fingerprint density at radius 2 is 1.96 bits per heavy atom. The van der Waals surface area contributed by atoms with Crippen LogP contribution in [0.25, 0.3) is 0 Å². The molecular formula is C19H31N5O3. The number of carbonyl (C=O) groups excluding carboxylic acids is 2. The van der Waals surface area contributed by atoms with Gasteiger partial charge in [0.2, 0.25) is 11.8 Å². The van der Waals surface area contributed by atoms with Crippen LogP contribution in [-0.4, -0.2) is 62.1 Å². The van der Waals surface area contributed by atoms with E-state index in [9.17, 15) is 14.4 Å². The molecule has 0 spiro atoms. The first-order valence-electron chi connectivity index (χ1n) is 10.2. The minimum atomic E-state index is -0.101. The molecule has 0 saturated carbocycles. The van der Waals surface area contributed by atoms with Crippen LogP contribution in [0.5, 0.6) is 0 Å². The molecule has 1 unspecified atom stereocenters. The number of piperidine rings is 1. The molecule has 0 radical (unpaired) electrons. The Hall–Kier alpha value is -2.12. The molecule has 3 rings (SSSR count). The van der Waals surface area contributed by atoms with Crippen molar-refractivity contribution < 1.29 is 9.59 Å². The molecule has 8 nitrogen and oxygen atoms in total. The number of carbonyl (C=O) groups is 2. The van der Waals surface area contributed by atoms with Crippen molar-refractivity contribution in [2.45, 2.75) is 64.3 Å². The second-order valence-electron chi connectivity index (χ2n) is 7.63. The average Bonchev–Trinajstić information content (AvgIpc) is 2.82. The number of rotatable bonds is 5. The van der Waals surface area contributed by atoms with E-state index >= 15 is 0 Å². The lowest BCUT2D eigenvalue weighted by molar-refractivity contribution is -0.135. The molecule has 1 atom stereocenters. The van der Waals surface area contributed by atoms with Crippen LogP contribution in [0.1, 0.15) is 63.6 Å². The van der Waals surface area contributed by atoms with Crippen molar-refractivity contribution in [2.24, 2.45) is 7.05 Å². The van der Waals surface area contributed by atoms with Gasteiger partial charge in [-0.15, -0.1) is 0 Å². The molecular weight excluding hydrogens is 346 g/mol. The van der Waals surface area contributed by atoms with E-state index in [0.29, 0.717) is 32.5 Å². The summed E-state index contributed by atoms with van der Waals surface area (Å²) in [5.74, 6) is 1.15. The summed E-state index contributed by atoms with van der Waals surface area (Å²) in [5.41, 5.74) is -0.101. The zero-order chi connectivity index (χ0) is 19.4. The molecule has 0 aromatic carbocycles. The van der Waals surface area contributed by atoms with E-state index in [4.69, 9.17) is 0 Å². The van der Waals surface area contributed by atoms with Gasteiger partial charge in [0.05, 0.1) is 0 Å². The maximum Gasteiger partial charge on any atom is 0.345 e. The highest BCUT2D eigenvalue weighted by molar-refractivity contribution is 5.79. The molecule has 0 bridgehead atoms. The van der Waals surface area contributed by atoms with Gasteiger partial charge in [0.25, 0.3) is 0 Å². The molecule has 2 fully saturated rings. The van der Waals surface area contributed by atoms with Crippen LogP contribution >= 0.6 is 0 Å². The first-order chi connectivity index (χ1) is 13.0. The average molecular weight is 377 g/mol. The number of aromatic nitrogens is 3. The van der Waals surface area contributed by atoms with Gasteiger partial charge in [0.15, 0.2) is 0 Å². The lowest BCUT2D eigenvalue weighted by Crippen LogP contribution is -2.42. The number of hydrogen-bond donors (Lipinski definition) is 0. The Labute approximate surface area is 160 Å². The van der Waals surface area contributed by atoms with E-state index in [-0.39, 0.29) is 23.4 Å². The van der Waals surface area contributed by atoms with Crippen LogP contribution in [0.2, 0.25) is 0 Å². The van der Waals surface area contributed by atoms with E-state index in [1.165, 1.54) is 4.68 Å². The summed E-state index contributed by atoms with van der Waals surface area (Å²) < 4.78 is 3.08. The molecule has 8 heteroatoms. The van der Waals surface area contributed by atoms with Gasteiger partial charge in [-0.05, 0) is 32.6 Å². The van der Waals surface area contributed by atoms with E-state index in [2.05, 4.69) is 5.10 Å². The molecule has 0 N–H and O–H groups in total. The first kappa shape index (κ1) is 19.6. The van der Waals surface area contributed by atoms with Gasteiger partial charge < -0.3 is 9.80 Å². The normalized spacial score (nSPS) is 21.4. The topological polar surface area (TPSA) is 80.4 Å². The quantitative estimate of drug-likeness (QED) is 0.770. The summed E-state index contributed by atoms with van der Waals surface area (Å²) in [6, 6.07) is 0. The monoisotopic (exact) mass is 377 g/mol. The van der Waals surface area contributed by atoms with Crippen molar-refractivity contribution in [1.82, 2.24) is 24.1 Å². The van der Waals surface area contributed by atoms with Crippen molar-refractivity contribution in [2.75, 3.05) is 26.2 Å². The second kappa shape index (κ2) is 8.71. The molecule has 1 aromatic heterocycles. The highest BCUT2D eigenvalue weighted by Gasteiger charge is 2.29. The van der Waals surface area contributed by atoms with Crippen LogP contribution in [0.4, 0.5) is 0 Å². The van der Waals surface area contributed by atoms with E-state index < -0.39 is 0 Å². The smallest absolute Gasteiger partial charge is 0.342 e. The molecule has 1 aromatic rings. The van der Waals surface area contributed by atoms with Crippen LogP contribution in [0, 0.1) is 0 Å². The zero-order valence-corrected chi connectivity index (χ0v) is 16.5. The summed E-state index contributed by atoms with van der Waals surface area (Å²) in [5, 5.41) is 4.41. The Balaban J connectivity index is 1.60. The molecule has 0 aliphatic carbocycles. The van der Waals surface area contributed by atoms with Crippen molar-refractivity contribution in [3.05, 3.63) is 16.3 Å². The Morgan fingerprint density at radius 3 is 2.74 bits per heavy atom. The van der Waals surface area contributed by atoms with Crippen molar-refractivity contribution >= 4 is 11.8 Å². The number of nitrogens with zero attached hydrogens (tertiary/aromatic N) is 5. The predicted octanol–water partition coefficient (Wildman–Crippen LogP) is 1.10. The second-order valence-corrected chi connectivity index (χ2v) is 7.63.